The van der Waals surface area contributed by atoms with Crippen molar-refractivity contribution in [1.82, 2.24) is 14.4 Å². The molecule has 2 aromatic rings. The van der Waals surface area contributed by atoms with E-state index < -0.39 is 0 Å². The molecule has 5 nitrogen and oxygen atoms in total. The Bertz CT molecular complexity index is 761. The minimum Gasteiger partial charge on any atom is -0.383 e. The van der Waals surface area contributed by atoms with Gasteiger partial charge in [-0.2, -0.15) is 0 Å². The highest BCUT2D eigenvalue weighted by Crippen LogP contribution is 2.40. The van der Waals surface area contributed by atoms with Crippen LogP contribution in [0.1, 0.15) is 16.8 Å². The maximum Gasteiger partial charge on any atom is 0.253 e. The molecule has 0 aliphatic carbocycles. The molecule has 1 spiro atoms. The van der Waals surface area contributed by atoms with Crippen molar-refractivity contribution < 1.29 is 9.53 Å². The van der Waals surface area contributed by atoms with Crippen LogP contribution in [-0.4, -0.2) is 66.7 Å². The number of amides is 1. The van der Waals surface area contributed by atoms with Crippen LogP contribution >= 0.6 is 0 Å². The largest absolute Gasteiger partial charge is 0.383 e. The van der Waals surface area contributed by atoms with Gasteiger partial charge in [0.2, 0.25) is 0 Å². The molecular weight excluding hydrogens is 302 g/mol. The third kappa shape index (κ3) is 2.62. The molecular formula is C19H25N3O2. The average Bonchev–Trinajstić information content (AvgIpc) is 3.15. The van der Waals surface area contributed by atoms with E-state index in [4.69, 9.17) is 4.74 Å². The van der Waals surface area contributed by atoms with Crippen LogP contribution in [0.4, 0.5) is 0 Å². The van der Waals surface area contributed by atoms with Crippen LogP contribution in [0, 0.1) is 5.41 Å². The van der Waals surface area contributed by atoms with Crippen molar-refractivity contribution >= 4 is 16.8 Å². The first kappa shape index (κ1) is 15.7. The smallest absolute Gasteiger partial charge is 0.253 e. The number of rotatable bonds is 4. The number of aromatic nitrogens is 1. The number of benzene rings is 1. The number of likely N-dealkylation sites (tertiary alicyclic amines) is 2. The molecule has 3 heterocycles. The van der Waals surface area contributed by atoms with Gasteiger partial charge >= 0.3 is 0 Å². The first-order chi connectivity index (χ1) is 11.6. The van der Waals surface area contributed by atoms with Gasteiger partial charge in [0, 0.05) is 68.4 Å². The highest BCUT2D eigenvalue weighted by atomic mass is 16.5. The summed E-state index contributed by atoms with van der Waals surface area (Å²) in [5.41, 5.74) is 2.29. The summed E-state index contributed by atoms with van der Waals surface area (Å²) in [5, 5.41) is 1.13. The summed E-state index contributed by atoms with van der Waals surface area (Å²) in [5.74, 6) is 0.168. The third-order valence-electron chi connectivity index (χ3n) is 5.60. The Kier molecular flexibility index (Phi) is 3.85. The van der Waals surface area contributed by atoms with Crippen LogP contribution < -0.4 is 0 Å². The number of hydrogen-bond donors (Lipinski definition) is 0. The van der Waals surface area contributed by atoms with Gasteiger partial charge in [-0.1, -0.05) is 0 Å². The lowest BCUT2D eigenvalue weighted by Gasteiger charge is -2.48. The van der Waals surface area contributed by atoms with Crippen LogP contribution in [-0.2, 0) is 11.8 Å². The van der Waals surface area contributed by atoms with E-state index in [1.54, 1.807) is 7.11 Å². The number of carbonyl (C=O) groups excluding carboxylic acids is 1. The van der Waals surface area contributed by atoms with Crippen LogP contribution in [0.5, 0.6) is 0 Å². The van der Waals surface area contributed by atoms with Gasteiger partial charge in [0.1, 0.15) is 0 Å². The van der Waals surface area contributed by atoms with E-state index in [1.165, 1.54) is 6.42 Å². The van der Waals surface area contributed by atoms with Gasteiger partial charge in [0.05, 0.1) is 6.61 Å². The molecule has 0 N–H and O–H groups in total. The van der Waals surface area contributed by atoms with E-state index in [9.17, 15) is 4.79 Å². The fraction of sp³-hybridized carbons (Fsp3) is 0.526. The van der Waals surface area contributed by atoms with Crippen molar-refractivity contribution in [2.45, 2.75) is 6.42 Å². The van der Waals surface area contributed by atoms with Crippen molar-refractivity contribution in [2.75, 3.05) is 46.4 Å². The lowest BCUT2D eigenvalue weighted by Crippen LogP contribution is -2.59. The van der Waals surface area contributed by atoms with E-state index in [0.29, 0.717) is 5.41 Å². The van der Waals surface area contributed by atoms with Crippen LogP contribution in [0.15, 0.2) is 30.5 Å². The van der Waals surface area contributed by atoms with Gasteiger partial charge < -0.3 is 19.1 Å². The maximum atomic E-state index is 12.8. The predicted molar refractivity (Wildman–Crippen MR) is 94.2 cm³/mol. The standard InChI is InChI=1S/C19H25N3O2/c1-20-7-5-15-11-16(3-4-17(15)20)18(23)22-13-19(14-22)6-8-21(12-19)9-10-24-2/h3-5,7,11H,6,8-10,12-14H2,1-2H3. The number of nitrogens with zero attached hydrogens (tertiary/aromatic N) is 3. The normalized spacial score (nSPS) is 20.0. The van der Waals surface area contributed by atoms with Gasteiger partial charge in [-0.15, -0.1) is 0 Å². The molecule has 2 saturated heterocycles. The van der Waals surface area contributed by atoms with Gasteiger partial charge in [-0.25, -0.2) is 0 Å². The molecule has 24 heavy (non-hydrogen) atoms. The molecule has 1 amide bonds. The van der Waals surface area contributed by atoms with Crippen molar-refractivity contribution in [3.63, 3.8) is 0 Å². The third-order valence-corrected chi connectivity index (χ3v) is 5.60. The number of aryl methyl sites for hydroxylation is 1. The van der Waals surface area contributed by atoms with Crippen LogP contribution in [0.3, 0.4) is 0 Å². The molecule has 1 aromatic heterocycles. The van der Waals surface area contributed by atoms with Crippen molar-refractivity contribution in [1.29, 1.82) is 0 Å². The first-order valence-electron chi connectivity index (χ1n) is 8.66. The molecule has 0 atom stereocenters. The Morgan fingerprint density at radius 3 is 2.88 bits per heavy atom. The molecule has 0 unspecified atom stereocenters. The SMILES string of the molecule is COCCN1CCC2(C1)CN(C(=O)c1ccc3c(ccn3C)c1)C2. The summed E-state index contributed by atoms with van der Waals surface area (Å²) in [4.78, 5) is 17.2. The minimum absolute atomic E-state index is 0.168. The molecule has 0 radical (unpaired) electrons. The van der Waals surface area contributed by atoms with Gasteiger partial charge in [-0.3, -0.25) is 4.79 Å². The lowest BCUT2D eigenvalue weighted by molar-refractivity contribution is 0.00971. The highest BCUT2D eigenvalue weighted by molar-refractivity contribution is 5.98. The molecule has 5 heteroatoms. The molecule has 2 fully saturated rings. The number of ether oxygens (including phenoxy) is 1. The Balaban J connectivity index is 1.40. The molecule has 2 aliphatic heterocycles. The summed E-state index contributed by atoms with van der Waals surface area (Å²) in [6.07, 6.45) is 3.23. The summed E-state index contributed by atoms with van der Waals surface area (Å²) in [6.45, 7) is 5.79. The topological polar surface area (TPSA) is 37.7 Å². The van der Waals surface area contributed by atoms with E-state index in [0.717, 1.165) is 55.8 Å². The van der Waals surface area contributed by atoms with Gasteiger partial charge in [0.15, 0.2) is 0 Å². The highest BCUT2D eigenvalue weighted by Gasteiger charge is 2.49. The second kappa shape index (κ2) is 5.90. The second-order valence-electron chi connectivity index (χ2n) is 7.38. The Hall–Kier alpha value is -1.85. The van der Waals surface area contributed by atoms with Gasteiger partial charge in [0.25, 0.3) is 5.91 Å². The minimum atomic E-state index is 0.168. The van der Waals surface area contributed by atoms with Gasteiger partial charge in [-0.05, 0) is 37.2 Å². The van der Waals surface area contributed by atoms with E-state index in [2.05, 4.69) is 15.5 Å². The predicted octanol–water partition coefficient (Wildman–Crippen LogP) is 1.97. The summed E-state index contributed by atoms with van der Waals surface area (Å²) in [7, 11) is 3.78. The number of carbonyl (C=O) groups is 1. The fourth-order valence-electron chi connectivity index (χ4n) is 4.20. The monoisotopic (exact) mass is 327 g/mol. The molecule has 1 aromatic carbocycles. The molecule has 4 rings (SSSR count). The molecule has 2 aliphatic rings. The quantitative estimate of drug-likeness (QED) is 0.862. The Morgan fingerprint density at radius 2 is 2.08 bits per heavy atom. The summed E-state index contributed by atoms with van der Waals surface area (Å²) < 4.78 is 7.25. The summed E-state index contributed by atoms with van der Waals surface area (Å²) >= 11 is 0. The average molecular weight is 327 g/mol. The fourth-order valence-corrected chi connectivity index (χ4v) is 4.20. The Labute approximate surface area is 142 Å². The second-order valence-corrected chi connectivity index (χ2v) is 7.38. The number of fused-ring (bicyclic) bond motifs is 1. The first-order valence-corrected chi connectivity index (χ1v) is 8.66. The van der Waals surface area contributed by atoms with Crippen molar-refractivity contribution in [3.8, 4) is 0 Å². The van der Waals surface area contributed by atoms with Crippen molar-refractivity contribution in [3.05, 3.63) is 36.0 Å². The van der Waals surface area contributed by atoms with Crippen molar-refractivity contribution in [2.24, 2.45) is 12.5 Å². The van der Waals surface area contributed by atoms with E-state index >= 15 is 0 Å². The zero-order chi connectivity index (χ0) is 16.7. The van der Waals surface area contributed by atoms with Crippen LogP contribution in [0.25, 0.3) is 10.9 Å². The molecule has 0 saturated carbocycles. The summed E-state index contributed by atoms with van der Waals surface area (Å²) in [6, 6.07) is 8.08. The zero-order valence-corrected chi connectivity index (χ0v) is 14.5. The maximum absolute atomic E-state index is 12.8. The Morgan fingerprint density at radius 1 is 1.25 bits per heavy atom. The lowest BCUT2D eigenvalue weighted by atomic mass is 9.78. The molecule has 0 bridgehead atoms. The van der Waals surface area contributed by atoms with E-state index in [1.807, 2.05) is 36.3 Å². The van der Waals surface area contributed by atoms with E-state index in [-0.39, 0.29) is 5.91 Å². The number of hydrogen-bond acceptors (Lipinski definition) is 3. The van der Waals surface area contributed by atoms with Crippen LogP contribution in [0.2, 0.25) is 0 Å². The molecule has 128 valence electrons. The number of methoxy groups -OCH3 is 1. The zero-order valence-electron chi connectivity index (χ0n) is 14.5.